The number of hydrogen-bond acceptors (Lipinski definition) is 5. The van der Waals surface area contributed by atoms with Crippen LogP contribution < -0.4 is 5.32 Å². The minimum Gasteiger partial charge on any atom is -0.386 e. The van der Waals surface area contributed by atoms with Crippen LogP contribution in [0.5, 0.6) is 0 Å². The molecule has 0 aromatic carbocycles. The highest BCUT2D eigenvalue weighted by atomic mass is 16.5. The number of ether oxygens (including phenoxy) is 1. The smallest absolute Gasteiger partial charge is 0.127 e. The maximum atomic E-state index is 10.1. The van der Waals surface area contributed by atoms with Gasteiger partial charge in [0.1, 0.15) is 11.4 Å². The van der Waals surface area contributed by atoms with Crippen molar-refractivity contribution in [2.75, 3.05) is 25.1 Å². The van der Waals surface area contributed by atoms with Crippen LogP contribution >= 0.6 is 0 Å². The second-order valence-electron chi connectivity index (χ2n) is 4.37. The Hall–Kier alpha value is -1.64. The molecular formula is C12H15N3O2. The zero-order chi connectivity index (χ0) is 12.3. The lowest BCUT2D eigenvalue weighted by molar-refractivity contribution is 0.0381. The van der Waals surface area contributed by atoms with Gasteiger partial charge in [-0.3, -0.25) is 0 Å². The SMILES string of the molecule is Cc1cc(C#N)cc(NCC2(O)CCOC2)n1. The number of aryl methyl sites for hydroxylation is 1. The topological polar surface area (TPSA) is 78.2 Å². The zero-order valence-corrected chi connectivity index (χ0v) is 9.73. The van der Waals surface area contributed by atoms with Crippen molar-refractivity contribution in [3.63, 3.8) is 0 Å². The first-order valence-corrected chi connectivity index (χ1v) is 5.54. The van der Waals surface area contributed by atoms with E-state index in [9.17, 15) is 5.11 Å². The molecule has 1 aliphatic rings. The maximum absolute atomic E-state index is 10.1. The van der Waals surface area contributed by atoms with E-state index in [0.717, 1.165) is 5.69 Å². The number of pyridine rings is 1. The van der Waals surface area contributed by atoms with E-state index in [0.29, 0.717) is 37.6 Å². The molecule has 0 radical (unpaired) electrons. The largest absolute Gasteiger partial charge is 0.386 e. The summed E-state index contributed by atoms with van der Waals surface area (Å²) >= 11 is 0. The number of nitriles is 1. The molecule has 2 rings (SSSR count). The van der Waals surface area contributed by atoms with Gasteiger partial charge in [0.25, 0.3) is 0 Å². The molecule has 90 valence electrons. The number of rotatable bonds is 3. The van der Waals surface area contributed by atoms with Gasteiger partial charge >= 0.3 is 0 Å². The molecule has 2 N–H and O–H groups in total. The summed E-state index contributed by atoms with van der Waals surface area (Å²) < 4.78 is 5.15. The van der Waals surface area contributed by atoms with Crippen LogP contribution in [0.4, 0.5) is 5.82 Å². The highest BCUT2D eigenvalue weighted by molar-refractivity contribution is 5.44. The van der Waals surface area contributed by atoms with Crippen molar-refractivity contribution in [3.8, 4) is 6.07 Å². The van der Waals surface area contributed by atoms with Gasteiger partial charge in [-0.2, -0.15) is 5.26 Å². The van der Waals surface area contributed by atoms with Gasteiger partial charge < -0.3 is 15.2 Å². The second-order valence-corrected chi connectivity index (χ2v) is 4.37. The van der Waals surface area contributed by atoms with Crippen LogP contribution in [0.15, 0.2) is 12.1 Å². The highest BCUT2D eigenvalue weighted by Gasteiger charge is 2.31. The first kappa shape index (κ1) is 11.8. The Morgan fingerprint density at radius 1 is 1.65 bits per heavy atom. The molecule has 1 aromatic rings. The van der Waals surface area contributed by atoms with Gasteiger partial charge in [-0.05, 0) is 19.1 Å². The summed E-state index contributed by atoms with van der Waals surface area (Å²) in [4.78, 5) is 4.26. The van der Waals surface area contributed by atoms with Crippen molar-refractivity contribution in [2.45, 2.75) is 18.9 Å². The summed E-state index contributed by atoms with van der Waals surface area (Å²) in [5.41, 5.74) is 0.522. The lowest BCUT2D eigenvalue weighted by atomic mass is 10.0. The van der Waals surface area contributed by atoms with Gasteiger partial charge in [0, 0.05) is 25.3 Å². The Balaban J connectivity index is 2.04. The van der Waals surface area contributed by atoms with Crippen LogP contribution in [-0.2, 0) is 4.74 Å². The fraction of sp³-hybridized carbons (Fsp3) is 0.500. The van der Waals surface area contributed by atoms with E-state index >= 15 is 0 Å². The number of nitrogens with zero attached hydrogens (tertiary/aromatic N) is 2. The summed E-state index contributed by atoms with van der Waals surface area (Å²) in [5, 5.41) is 22.0. The van der Waals surface area contributed by atoms with Crippen molar-refractivity contribution >= 4 is 5.82 Å². The predicted molar refractivity (Wildman–Crippen MR) is 62.6 cm³/mol. The molecule has 1 atom stereocenters. The fourth-order valence-electron chi connectivity index (χ4n) is 1.81. The van der Waals surface area contributed by atoms with Crippen LogP contribution in [-0.4, -0.2) is 35.5 Å². The number of nitrogens with one attached hydrogen (secondary N) is 1. The standard InChI is InChI=1S/C12H15N3O2/c1-9-4-10(6-13)5-11(15-9)14-7-12(16)2-3-17-8-12/h4-5,16H,2-3,7-8H2,1H3,(H,14,15). The number of hydrogen-bond donors (Lipinski definition) is 2. The van der Waals surface area contributed by atoms with Crippen molar-refractivity contribution in [1.82, 2.24) is 4.98 Å². The molecule has 1 aromatic heterocycles. The molecule has 0 spiro atoms. The normalized spacial score (nSPS) is 23.4. The van der Waals surface area contributed by atoms with E-state index in [1.165, 1.54) is 0 Å². The summed E-state index contributed by atoms with van der Waals surface area (Å²) in [6.45, 7) is 3.15. The Morgan fingerprint density at radius 3 is 3.12 bits per heavy atom. The Bertz CT molecular complexity index is 448. The van der Waals surface area contributed by atoms with Crippen molar-refractivity contribution in [1.29, 1.82) is 5.26 Å². The monoisotopic (exact) mass is 233 g/mol. The highest BCUT2D eigenvalue weighted by Crippen LogP contribution is 2.19. The van der Waals surface area contributed by atoms with Gasteiger partial charge in [0.15, 0.2) is 0 Å². The molecule has 5 heteroatoms. The van der Waals surface area contributed by atoms with E-state index in [1.54, 1.807) is 12.1 Å². The molecular weight excluding hydrogens is 218 g/mol. The quantitative estimate of drug-likeness (QED) is 0.808. The summed E-state index contributed by atoms with van der Waals surface area (Å²) in [7, 11) is 0. The average molecular weight is 233 g/mol. The summed E-state index contributed by atoms with van der Waals surface area (Å²) in [6, 6.07) is 5.47. The van der Waals surface area contributed by atoms with Crippen LogP contribution in [0.3, 0.4) is 0 Å². The van der Waals surface area contributed by atoms with Crippen molar-refractivity contribution < 1.29 is 9.84 Å². The Labute approximate surface area is 100 Å². The van der Waals surface area contributed by atoms with Crippen molar-refractivity contribution in [2.24, 2.45) is 0 Å². The summed E-state index contributed by atoms with van der Waals surface area (Å²) in [5.74, 6) is 0.613. The van der Waals surface area contributed by atoms with Gasteiger partial charge in [-0.25, -0.2) is 4.98 Å². The lowest BCUT2D eigenvalue weighted by Crippen LogP contribution is -2.37. The molecule has 2 heterocycles. The molecule has 5 nitrogen and oxygen atoms in total. The molecule has 0 saturated carbocycles. The number of aromatic nitrogens is 1. The Kier molecular flexibility index (Phi) is 3.27. The molecule has 1 saturated heterocycles. The van der Waals surface area contributed by atoms with Crippen LogP contribution in [0.1, 0.15) is 17.7 Å². The second kappa shape index (κ2) is 4.70. The minimum absolute atomic E-state index is 0.344. The third-order valence-corrected chi connectivity index (χ3v) is 2.76. The van der Waals surface area contributed by atoms with Gasteiger partial charge in [-0.15, -0.1) is 0 Å². The lowest BCUT2D eigenvalue weighted by Gasteiger charge is -2.21. The third-order valence-electron chi connectivity index (χ3n) is 2.76. The average Bonchev–Trinajstić information content (AvgIpc) is 2.73. The first-order chi connectivity index (χ1) is 8.11. The van der Waals surface area contributed by atoms with Gasteiger partial charge in [0.05, 0.1) is 18.2 Å². The maximum Gasteiger partial charge on any atom is 0.127 e. The molecule has 17 heavy (non-hydrogen) atoms. The van der Waals surface area contributed by atoms with E-state index in [2.05, 4.69) is 16.4 Å². The summed E-state index contributed by atoms with van der Waals surface area (Å²) in [6.07, 6.45) is 0.622. The first-order valence-electron chi connectivity index (χ1n) is 5.54. The zero-order valence-electron chi connectivity index (χ0n) is 9.73. The molecule has 1 unspecified atom stereocenters. The van der Waals surface area contributed by atoms with E-state index in [1.807, 2.05) is 6.92 Å². The van der Waals surface area contributed by atoms with Crippen LogP contribution in [0.25, 0.3) is 0 Å². The minimum atomic E-state index is -0.821. The van der Waals surface area contributed by atoms with Crippen LogP contribution in [0, 0.1) is 18.3 Å². The molecule has 0 amide bonds. The van der Waals surface area contributed by atoms with Gasteiger partial charge in [-0.1, -0.05) is 0 Å². The van der Waals surface area contributed by atoms with E-state index in [4.69, 9.17) is 10.00 Å². The Morgan fingerprint density at radius 2 is 2.47 bits per heavy atom. The van der Waals surface area contributed by atoms with Crippen LogP contribution in [0.2, 0.25) is 0 Å². The predicted octanol–water partition coefficient (Wildman–Crippen LogP) is 0.825. The molecule has 0 aliphatic carbocycles. The van der Waals surface area contributed by atoms with E-state index < -0.39 is 5.60 Å². The third kappa shape index (κ3) is 2.93. The fourth-order valence-corrected chi connectivity index (χ4v) is 1.81. The molecule has 1 fully saturated rings. The number of aliphatic hydroxyl groups is 1. The number of anilines is 1. The molecule has 0 bridgehead atoms. The van der Waals surface area contributed by atoms with E-state index in [-0.39, 0.29) is 0 Å². The molecule has 1 aliphatic heterocycles. The van der Waals surface area contributed by atoms with Crippen molar-refractivity contribution in [3.05, 3.63) is 23.4 Å². The van der Waals surface area contributed by atoms with Gasteiger partial charge in [0.2, 0.25) is 0 Å².